The number of rotatable bonds is 11. The van der Waals surface area contributed by atoms with Crippen LogP contribution in [0.15, 0.2) is 26.9 Å². The lowest BCUT2D eigenvalue weighted by atomic mass is 10.2. The predicted molar refractivity (Wildman–Crippen MR) is 103 cm³/mol. The molecule has 0 aliphatic carbocycles. The van der Waals surface area contributed by atoms with Gasteiger partial charge in [0.2, 0.25) is 5.91 Å². The first-order valence-corrected chi connectivity index (χ1v) is 9.82. The maximum Gasteiger partial charge on any atom is 0.294 e. The molecular weight excluding hydrogens is 394 g/mol. The monoisotopic (exact) mass is 415 g/mol. The summed E-state index contributed by atoms with van der Waals surface area (Å²) >= 11 is 2.67. The fourth-order valence-electron chi connectivity index (χ4n) is 2.20. The maximum absolute atomic E-state index is 11.9. The lowest BCUT2D eigenvalue weighted by Crippen LogP contribution is -2.29. The molecule has 0 radical (unpaired) electrons. The van der Waals surface area contributed by atoms with E-state index in [-0.39, 0.29) is 25.7 Å². The Labute approximate surface area is 165 Å². The van der Waals surface area contributed by atoms with Crippen LogP contribution in [0.25, 0.3) is 0 Å². The molecule has 4 N–H and O–H groups in total. The minimum atomic E-state index is -0.874. The van der Waals surface area contributed by atoms with E-state index < -0.39 is 5.09 Å². The van der Waals surface area contributed by atoms with Crippen LogP contribution in [0.3, 0.4) is 0 Å². The third-order valence-electron chi connectivity index (χ3n) is 3.50. The number of aryl methyl sites for hydroxylation is 1. The smallest absolute Gasteiger partial charge is 0.294 e. The lowest BCUT2D eigenvalue weighted by molar-refractivity contribution is -0.758. The molecule has 0 saturated heterocycles. The zero-order valence-corrected chi connectivity index (χ0v) is 16.4. The number of carbonyl (C=O) groups excluding carboxylic acids is 1. The Hall–Kier alpha value is -2.02. The van der Waals surface area contributed by atoms with E-state index in [4.69, 9.17) is 9.88 Å². The number of benzene rings is 1. The summed E-state index contributed by atoms with van der Waals surface area (Å²) in [4.78, 5) is 32.5. The van der Waals surface area contributed by atoms with Gasteiger partial charge in [0.05, 0.1) is 23.8 Å². The molecule has 1 aliphatic heterocycles. The van der Waals surface area contributed by atoms with E-state index >= 15 is 0 Å². The van der Waals surface area contributed by atoms with Gasteiger partial charge in [-0.25, -0.2) is 4.99 Å². The van der Waals surface area contributed by atoms with Crippen molar-refractivity contribution in [3.05, 3.63) is 27.8 Å². The van der Waals surface area contributed by atoms with Gasteiger partial charge >= 0.3 is 0 Å². The molecule has 0 fully saturated rings. The Kier molecular flexibility index (Phi) is 8.64. The van der Waals surface area contributed by atoms with Crippen LogP contribution in [0.5, 0.6) is 0 Å². The number of nitrogens with one attached hydrogen (secondary N) is 2. The minimum Gasteiger partial charge on any atom is -0.378 e. The Morgan fingerprint density at radius 3 is 3.00 bits per heavy atom. The van der Waals surface area contributed by atoms with Crippen molar-refractivity contribution in [3.63, 3.8) is 0 Å². The van der Waals surface area contributed by atoms with E-state index in [2.05, 4.69) is 19.9 Å². The molecule has 0 spiro atoms. The van der Waals surface area contributed by atoms with Crippen molar-refractivity contribution in [2.24, 2.45) is 10.1 Å². The van der Waals surface area contributed by atoms with Crippen LogP contribution in [0.1, 0.15) is 18.4 Å². The van der Waals surface area contributed by atoms with E-state index in [0.29, 0.717) is 19.4 Å². The fraction of sp³-hybridized carbons (Fsp3) is 0.467. The van der Waals surface area contributed by atoms with Crippen LogP contribution in [-0.2, 0) is 14.4 Å². The first-order chi connectivity index (χ1) is 13.0. The highest BCUT2D eigenvalue weighted by atomic mass is 32.2. The summed E-state index contributed by atoms with van der Waals surface area (Å²) in [7, 11) is 0. The van der Waals surface area contributed by atoms with Gasteiger partial charge in [-0.05, 0) is 48.5 Å². The van der Waals surface area contributed by atoms with Crippen LogP contribution >= 0.6 is 23.9 Å². The quantitative estimate of drug-likeness (QED) is 0.213. The predicted octanol–water partition coefficient (Wildman–Crippen LogP) is 1.72. The first kappa shape index (κ1) is 21.3. The van der Waals surface area contributed by atoms with Crippen molar-refractivity contribution < 1.29 is 19.5 Å². The summed E-state index contributed by atoms with van der Waals surface area (Å²) in [6, 6.07) is 3.98. The zero-order valence-electron chi connectivity index (χ0n) is 14.7. The number of aliphatic imine (C=N–C) groups is 1. The van der Waals surface area contributed by atoms with Gasteiger partial charge in [-0.2, -0.15) is 0 Å². The van der Waals surface area contributed by atoms with Crippen LogP contribution in [0, 0.1) is 17.0 Å². The highest BCUT2D eigenvalue weighted by Gasteiger charge is 2.15. The number of hydrogen-bond donors (Lipinski definition) is 3. The van der Waals surface area contributed by atoms with Crippen LogP contribution in [0.2, 0.25) is 0 Å². The Morgan fingerprint density at radius 2 is 2.26 bits per heavy atom. The molecule has 10 nitrogen and oxygen atoms in total. The zero-order chi connectivity index (χ0) is 19.6. The van der Waals surface area contributed by atoms with E-state index in [1.807, 2.05) is 19.1 Å². The van der Waals surface area contributed by atoms with Gasteiger partial charge in [-0.3, -0.25) is 9.93 Å². The van der Waals surface area contributed by atoms with Crippen molar-refractivity contribution in [3.8, 4) is 0 Å². The number of hydrogen-bond acceptors (Lipinski definition) is 10. The van der Waals surface area contributed by atoms with Crippen molar-refractivity contribution in [1.29, 1.82) is 0 Å². The average Bonchev–Trinajstić information content (AvgIpc) is 2.64. The van der Waals surface area contributed by atoms with Crippen molar-refractivity contribution in [2.45, 2.75) is 29.6 Å². The molecular formula is C15H21N5O5S2. The summed E-state index contributed by atoms with van der Waals surface area (Å²) in [6.07, 6.45) is 0.782. The van der Waals surface area contributed by atoms with Crippen molar-refractivity contribution in [2.75, 3.05) is 26.4 Å². The van der Waals surface area contributed by atoms with Gasteiger partial charge in [0, 0.05) is 24.3 Å². The Bertz CT molecular complexity index is 716. The molecule has 1 aromatic rings. The molecule has 1 amide bonds. The third kappa shape index (κ3) is 7.25. The summed E-state index contributed by atoms with van der Waals surface area (Å²) < 4.78 is 8.25. The standard InChI is InChI=1S/C15H21N5O5S2/c1-10-8-11-13(9-12(10)26-16)27-19-14(18-11)2-3-15(21)17-4-5-24-6-7-25-20(22)23/h8-9H,2-7,16H2,1H3,(H,17,21)(H,18,19). The number of amides is 1. The summed E-state index contributed by atoms with van der Waals surface area (Å²) in [6.45, 7) is 2.54. The van der Waals surface area contributed by atoms with Crippen LogP contribution in [0.4, 0.5) is 5.69 Å². The second-order valence-corrected chi connectivity index (χ2v) is 7.01. The fourth-order valence-corrected chi connectivity index (χ4v) is 3.46. The third-order valence-corrected chi connectivity index (χ3v) is 5.08. The van der Waals surface area contributed by atoms with E-state index in [1.54, 1.807) is 0 Å². The van der Waals surface area contributed by atoms with E-state index in [1.165, 1.54) is 23.9 Å². The molecule has 27 heavy (non-hydrogen) atoms. The Balaban J connectivity index is 1.68. The van der Waals surface area contributed by atoms with Crippen molar-refractivity contribution in [1.82, 2.24) is 10.0 Å². The molecule has 1 aromatic carbocycles. The lowest BCUT2D eigenvalue weighted by Gasteiger charge is -2.18. The summed E-state index contributed by atoms with van der Waals surface area (Å²) in [5.74, 6) is 0.620. The molecule has 1 heterocycles. The second kappa shape index (κ2) is 11.0. The molecule has 0 aromatic heterocycles. The highest BCUT2D eigenvalue weighted by Crippen LogP contribution is 2.36. The molecule has 0 atom stereocenters. The van der Waals surface area contributed by atoms with Gasteiger partial charge in [0.15, 0.2) is 0 Å². The van der Waals surface area contributed by atoms with Crippen LogP contribution < -0.4 is 15.2 Å². The van der Waals surface area contributed by atoms with Gasteiger partial charge in [0.25, 0.3) is 5.09 Å². The molecule has 0 bridgehead atoms. The molecule has 1 aliphatic rings. The number of nitrogens with zero attached hydrogens (tertiary/aromatic N) is 2. The van der Waals surface area contributed by atoms with Gasteiger partial charge < -0.3 is 19.6 Å². The molecule has 0 unspecified atom stereocenters. The second-order valence-electron chi connectivity index (χ2n) is 5.49. The van der Waals surface area contributed by atoms with Gasteiger partial charge in [-0.15, -0.1) is 10.1 Å². The first-order valence-electron chi connectivity index (χ1n) is 8.13. The maximum atomic E-state index is 11.9. The SMILES string of the molecule is Cc1cc2c(cc1SN)SNC(CCC(=O)NCCOCCO[N+](=O)[O-])=N2. The molecule has 2 rings (SSSR count). The molecule has 12 heteroatoms. The number of carbonyl (C=O) groups is 1. The Morgan fingerprint density at radius 1 is 1.44 bits per heavy atom. The normalized spacial score (nSPS) is 12.6. The molecule has 148 valence electrons. The number of amidine groups is 1. The van der Waals surface area contributed by atoms with Crippen molar-refractivity contribution >= 4 is 41.3 Å². The van der Waals surface area contributed by atoms with Gasteiger partial charge in [-0.1, -0.05) is 0 Å². The minimum absolute atomic E-state index is 0.0952. The van der Waals surface area contributed by atoms with E-state index in [9.17, 15) is 14.9 Å². The highest BCUT2D eigenvalue weighted by molar-refractivity contribution is 7.98. The number of nitrogens with two attached hydrogens (primary N) is 1. The summed E-state index contributed by atoms with van der Waals surface area (Å²) in [5, 5.41) is 17.4. The van der Waals surface area contributed by atoms with Gasteiger partial charge in [0.1, 0.15) is 12.4 Å². The topological polar surface area (TPSA) is 141 Å². The number of ether oxygens (including phenoxy) is 1. The van der Waals surface area contributed by atoms with E-state index in [0.717, 1.165) is 26.9 Å². The summed E-state index contributed by atoms with van der Waals surface area (Å²) in [5.41, 5.74) is 1.93. The van der Waals surface area contributed by atoms with Crippen LogP contribution in [-0.4, -0.2) is 43.2 Å². The largest absolute Gasteiger partial charge is 0.378 e. The average molecular weight is 415 g/mol. The number of fused-ring (bicyclic) bond motifs is 1. The molecule has 0 saturated carbocycles.